The average Bonchev–Trinajstić information content (AvgIpc) is 2.22. The van der Waals surface area contributed by atoms with Crippen molar-refractivity contribution in [2.45, 2.75) is 18.6 Å². The lowest BCUT2D eigenvalue weighted by Crippen LogP contribution is -2.52. The number of rotatable bonds is 2. The van der Waals surface area contributed by atoms with Gasteiger partial charge in [0.1, 0.15) is 0 Å². The number of ether oxygens (including phenoxy) is 2. The van der Waals surface area contributed by atoms with Gasteiger partial charge in [0, 0.05) is 17.7 Å². The summed E-state index contributed by atoms with van der Waals surface area (Å²) in [5, 5.41) is 8.76. The molecule has 0 spiro atoms. The molecule has 1 aromatic rings. The van der Waals surface area contributed by atoms with Gasteiger partial charge in [-0.3, -0.25) is 0 Å². The van der Waals surface area contributed by atoms with E-state index in [1.807, 2.05) is 0 Å². The van der Waals surface area contributed by atoms with Crippen LogP contribution < -0.4 is 9.47 Å². The van der Waals surface area contributed by atoms with Crippen LogP contribution in [0.2, 0.25) is 5.02 Å². The summed E-state index contributed by atoms with van der Waals surface area (Å²) in [5.41, 5.74) is 0.294. The molecular weight excluding hydrogens is 280 g/mol. The van der Waals surface area contributed by atoms with Gasteiger partial charge in [-0.05, 0) is 18.1 Å². The summed E-state index contributed by atoms with van der Waals surface area (Å²) >= 11 is 5.73. The van der Waals surface area contributed by atoms with Crippen molar-refractivity contribution < 1.29 is 32.1 Å². The standard InChI is InChI=1S/C10H7ClF4O3/c11-6-4-8-7(3-5(6)1-2-16)17-9(12,13)10(14,15)18-8/h3-4,16H,1-2H2. The van der Waals surface area contributed by atoms with E-state index in [9.17, 15) is 17.6 Å². The van der Waals surface area contributed by atoms with Gasteiger partial charge in [0.25, 0.3) is 0 Å². The third-order valence-electron chi connectivity index (χ3n) is 2.31. The molecule has 0 unspecified atom stereocenters. The fraction of sp³-hybridized carbons (Fsp3) is 0.400. The van der Waals surface area contributed by atoms with Crippen LogP contribution in [-0.2, 0) is 6.42 Å². The maximum Gasteiger partial charge on any atom is 0.507 e. The van der Waals surface area contributed by atoms with Crippen LogP contribution in [0.1, 0.15) is 5.56 Å². The van der Waals surface area contributed by atoms with Crippen LogP contribution in [-0.4, -0.2) is 23.9 Å². The van der Waals surface area contributed by atoms with E-state index in [2.05, 4.69) is 9.47 Å². The summed E-state index contributed by atoms with van der Waals surface area (Å²) in [6.07, 6.45) is -9.44. The minimum Gasteiger partial charge on any atom is -0.421 e. The lowest BCUT2D eigenvalue weighted by Gasteiger charge is -2.32. The van der Waals surface area contributed by atoms with Crippen molar-refractivity contribution in [1.82, 2.24) is 0 Å². The van der Waals surface area contributed by atoms with E-state index in [0.717, 1.165) is 12.1 Å². The van der Waals surface area contributed by atoms with Gasteiger partial charge >= 0.3 is 12.2 Å². The van der Waals surface area contributed by atoms with Gasteiger partial charge in [0.2, 0.25) is 0 Å². The number of hydrogen-bond donors (Lipinski definition) is 1. The largest absolute Gasteiger partial charge is 0.507 e. The van der Waals surface area contributed by atoms with Gasteiger partial charge in [0.05, 0.1) is 0 Å². The van der Waals surface area contributed by atoms with E-state index in [4.69, 9.17) is 16.7 Å². The SMILES string of the molecule is OCCc1cc2c(cc1Cl)OC(F)(F)C(F)(F)O2. The molecule has 18 heavy (non-hydrogen) atoms. The first-order chi connectivity index (χ1) is 8.27. The van der Waals surface area contributed by atoms with Crippen LogP contribution in [0.4, 0.5) is 17.6 Å². The molecule has 1 aliphatic rings. The molecule has 1 aromatic carbocycles. The molecule has 3 nitrogen and oxygen atoms in total. The third-order valence-corrected chi connectivity index (χ3v) is 2.66. The normalized spacial score (nSPS) is 19.7. The Hall–Kier alpha value is -1.21. The summed E-state index contributed by atoms with van der Waals surface area (Å²) in [7, 11) is 0. The number of aliphatic hydroxyl groups excluding tert-OH is 1. The average molecular weight is 287 g/mol. The second-order valence-corrected chi connectivity index (χ2v) is 4.01. The zero-order valence-corrected chi connectivity index (χ0v) is 9.48. The molecular formula is C10H7ClF4O3. The predicted molar refractivity (Wildman–Crippen MR) is 53.4 cm³/mol. The maximum atomic E-state index is 12.9. The molecule has 100 valence electrons. The fourth-order valence-corrected chi connectivity index (χ4v) is 1.69. The molecule has 1 aliphatic heterocycles. The van der Waals surface area contributed by atoms with Crippen molar-refractivity contribution in [3.63, 3.8) is 0 Å². The Labute approximate surface area is 104 Å². The Morgan fingerprint density at radius 3 is 2.06 bits per heavy atom. The molecule has 0 aliphatic carbocycles. The third kappa shape index (κ3) is 2.08. The Bertz CT molecular complexity index is 478. The highest BCUT2D eigenvalue weighted by molar-refractivity contribution is 6.31. The minimum absolute atomic E-state index is 0.0208. The van der Waals surface area contributed by atoms with Crippen LogP contribution in [0.25, 0.3) is 0 Å². The van der Waals surface area contributed by atoms with Crippen molar-refractivity contribution in [3.05, 3.63) is 22.7 Å². The van der Waals surface area contributed by atoms with Crippen LogP contribution in [0, 0.1) is 0 Å². The molecule has 0 amide bonds. The first kappa shape index (κ1) is 13.2. The summed E-state index contributed by atoms with van der Waals surface area (Å²) in [6.45, 7) is -0.272. The Morgan fingerprint density at radius 1 is 1.06 bits per heavy atom. The molecule has 0 saturated carbocycles. The van der Waals surface area contributed by atoms with Crippen LogP contribution in [0.3, 0.4) is 0 Å². The van der Waals surface area contributed by atoms with Crippen LogP contribution in [0.5, 0.6) is 11.5 Å². The topological polar surface area (TPSA) is 38.7 Å². The molecule has 8 heteroatoms. The van der Waals surface area contributed by atoms with Crippen molar-refractivity contribution in [2.75, 3.05) is 6.61 Å². The van der Waals surface area contributed by atoms with Crippen molar-refractivity contribution in [3.8, 4) is 11.5 Å². The summed E-state index contributed by atoms with van der Waals surface area (Å²) < 4.78 is 59.3. The van der Waals surface area contributed by atoms with E-state index in [-0.39, 0.29) is 18.1 Å². The first-order valence-electron chi connectivity index (χ1n) is 4.84. The molecule has 0 aromatic heterocycles. The fourth-order valence-electron chi connectivity index (χ4n) is 1.44. The second kappa shape index (κ2) is 4.17. The van der Waals surface area contributed by atoms with Crippen LogP contribution >= 0.6 is 11.6 Å². The van der Waals surface area contributed by atoms with Gasteiger partial charge in [-0.1, -0.05) is 11.6 Å². The number of alkyl halides is 4. The number of benzene rings is 1. The summed E-state index contributed by atoms with van der Waals surface area (Å²) in [6, 6.07) is 1.99. The molecule has 0 atom stereocenters. The smallest absolute Gasteiger partial charge is 0.421 e. The number of halogens is 5. The zero-order chi connectivity index (χ0) is 13.6. The second-order valence-electron chi connectivity index (χ2n) is 3.60. The molecule has 0 radical (unpaired) electrons. The maximum absolute atomic E-state index is 12.9. The number of fused-ring (bicyclic) bond motifs is 1. The Morgan fingerprint density at radius 2 is 1.56 bits per heavy atom. The quantitative estimate of drug-likeness (QED) is 0.850. The van der Waals surface area contributed by atoms with E-state index in [0.29, 0.717) is 5.56 Å². The zero-order valence-electron chi connectivity index (χ0n) is 8.72. The number of hydrogen-bond acceptors (Lipinski definition) is 3. The van der Waals surface area contributed by atoms with Gasteiger partial charge < -0.3 is 14.6 Å². The summed E-state index contributed by atoms with van der Waals surface area (Å²) in [4.78, 5) is 0. The Kier molecular flexibility index (Phi) is 3.06. The van der Waals surface area contributed by atoms with Crippen molar-refractivity contribution >= 4 is 11.6 Å². The van der Waals surface area contributed by atoms with E-state index in [1.54, 1.807) is 0 Å². The van der Waals surface area contributed by atoms with Crippen molar-refractivity contribution in [2.24, 2.45) is 0 Å². The molecule has 1 heterocycles. The van der Waals surface area contributed by atoms with Gasteiger partial charge in [-0.25, -0.2) is 0 Å². The van der Waals surface area contributed by atoms with Crippen LogP contribution in [0.15, 0.2) is 12.1 Å². The number of aliphatic hydroxyl groups is 1. The minimum atomic E-state index is -4.76. The molecule has 0 saturated heterocycles. The molecule has 1 N–H and O–H groups in total. The van der Waals surface area contributed by atoms with Gasteiger partial charge in [-0.15, -0.1) is 0 Å². The summed E-state index contributed by atoms with van der Waals surface area (Å²) in [5.74, 6) is -1.11. The highest BCUT2D eigenvalue weighted by Crippen LogP contribution is 2.48. The molecule has 2 rings (SSSR count). The lowest BCUT2D eigenvalue weighted by molar-refractivity contribution is -0.391. The van der Waals surface area contributed by atoms with E-state index >= 15 is 0 Å². The van der Waals surface area contributed by atoms with Crippen molar-refractivity contribution in [1.29, 1.82) is 0 Å². The van der Waals surface area contributed by atoms with Gasteiger partial charge in [0.15, 0.2) is 11.5 Å². The first-order valence-corrected chi connectivity index (χ1v) is 5.21. The highest BCUT2D eigenvalue weighted by Gasteiger charge is 2.66. The predicted octanol–water partition coefficient (Wildman–Crippen LogP) is 2.83. The lowest BCUT2D eigenvalue weighted by atomic mass is 10.1. The van der Waals surface area contributed by atoms with E-state index in [1.165, 1.54) is 0 Å². The monoisotopic (exact) mass is 286 g/mol. The molecule has 0 bridgehead atoms. The molecule has 0 fully saturated rings. The van der Waals surface area contributed by atoms with Gasteiger partial charge in [-0.2, -0.15) is 17.6 Å². The highest BCUT2D eigenvalue weighted by atomic mass is 35.5. The van der Waals surface area contributed by atoms with E-state index < -0.39 is 23.7 Å². The Balaban J connectivity index is 2.44.